The molecule has 0 saturated heterocycles. The van der Waals surface area contributed by atoms with Gasteiger partial charge in [-0.3, -0.25) is 14.4 Å². The highest BCUT2D eigenvalue weighted by atomic mass is 16.5. The first-order chi connectivity index (χ1) is 11.0. The Morgan fingerprint density at radius 3 is 2.57 bits per heavy atom. The number of ether oxygens (including phenoxy) is 1. The van der Waals surface area contributed by atoms with Gasteiger partial charge in [0.1, 0.15) is 0 Å². The molecule has 0 unspecified atom stereocenters. The summed E-state index contributed by atoms with van der Waals surface area (Å²) in [7, 11) is 0. The lowest BCUT2D eigenvalue weighted by Crippen LogP contribution is -2.22. The van der Waals surface area contributed by atoms with Crippen molar-refractivity contribution in [3.63, 3.8) is 0 Å². The second-order valence-corrected chi connectivity index (χ2v) is 5.15. The van der Waals surface area contributed by atoms with Crippen molar-refractivity contribution < 1.29 is 19.1 Å². The van der Waals surface area contributed by atoms with E-state index in [-0.39, 0.29) is 17.8 Å². The Hall–Kier alpha value is -2.37. The normalized spacial score (nSPS) is 10.0. The van der Waals surface area contributed by atoms with Gasteiger partial charge >= 0.3 is 5.97 Å². The Morgan fingerprint density at radius 2 is 1.87 bits per heavy atom. The summed E-state index contributed by atoms with van der Waals surface area (Å²) in [4.78, 5) is 33.9. The highest BCUT2D eigenvalue weighted by Gasteiger charge is 2.06. The number of benzene rings is 1. The molecule has 0 aliphatic heterocycles. The van der Waals surface area contributed by atoms with Crippen LogP contribution < -0.4 is 10.6 Å². The van der Waals surface area contributed by atoms with E-state index in [0.29, 0.717) is 44.5 Å². The van der Waals surface area contributed by atoms with Crippen molar-refractivity contribution in [1.82, 2.24) is 5.32 Å². The van der Waals surface area contributed by atoms with Crippen LogP contribution in [0, 0.1) is 0 Å². The van der Waals surface area contributed by atoms with Crippen molar-refractivity contribution in [2.45, 2.75) is 39.5 Å². The second kappa shape index (κ2) is 10.4. The number of carbonyl (C=O) groups is 3. The minimum atomic E-state index is -0.304. The van der Waals surface area contributed by atoms with Gasteiger partial charge < -0.3 is 15.4 Å². The molecule has 0 saturated carbocycles. The van der Waals surface area contributed by atoms with Crippen LogP contribution in [0.15, 0.2) is 24.3 Å². The third-order valence-corrected chi connectivity index (χ3v) is 3.09. The third kappa shape index (κ3) is 8.60. The minimum Gasteiger partial charge on any atom is -0.466 e. The smallest absolute Gasteiger partial charge is 0.302 e. The maximum absolute atomic E-state index is 11.9. The summed E-state index contributed by atoms with van der Waals surface area (Å²) in [6.07, 6.45) is 1.77. The summed E-state index contributed by atoms with van der Waals surface area (Å²) in [5, 5.41) is 5.51. The van der Waals surface area contributed by atoms with Crippen LogP contribution in [0.25, 0.3) is 0 Å². The molecule has 0 heterocycles. The molecular weight excluding hydrogens is 296 g/mol. The molecule has 0 spiro atoms. The van der Waals surface area contributed by atoms with Crippen molar-refractivity contribution >= 4 is 23.5 Å². The van der Waals surface area contributed by atoms with Gasteiger partial charge in [-0.2, -0.15) is 0 Å². The van der Waals surface area contributed by atoms with E-state index in [1.165, 1.54) is 6.92 Å². The van der Waals surface area contributed by atoms with Crippen molar-refractivity contribution in [3.05, 3.63) is 29.8 Å². The zero-order valence-electron chi connectivity index (χ0n) is 13.7. The minimum absolute atomic E-state index is 0.0345. The molecule has 1 aromatic carbocycles. The number of hydrogen-bond donors (Lipinski definition) is 2. The standard InChI is InChI=1S/C17H24N2O4/c1-3-18-16(21)8-5-9-17(22)19-15-7-4-6-14(12-15)10-11-23-13(2)20/h4,6-7,12H,3,5,8-11H2,1-2H3,(H,18,21)(H,19,22). The summed E-state index contributed by atoms with van der Waals surface area (Å²) in [5.74, 6) is -0.458. The topological polar surface area (TPSA) is 84.5 Å². The van der Waals surface area contributed by atoms with Crippen molar-refractivity contribution in [2.75, 3.05) is 18.5 Å². The van der Waals surface area contributed by atoms with E-state index in [0.717, 1.165) is 5.56 Å². The van der Waals surface area contributed by atoms with Crippen LogP contribution in [0.1, 0.15) is 38.7 Å². The van der Waals surface area contributed by atoms with Gasteiger partial charge in [-0.1, -0.05) is 12.1 Å². The fourth-order valence-electron chi connectivity index (χ4n) is 2.04. The zero-order chi connectivity index (χ0) is 17.1. The highest BCUT2D eigenvalue weighted by molar-refractivity contribution is 5.91. The number of nitrogens with one attached hydrogen (secondary N) is 2. The molecule has 0 aliphatic carbocycles. The Morgan fingerprint density at radius 1 is 1.13 bits per heavy atom. The van der Waals surface area contributed by atoms with Gasteiger partial charge in [0.2, 0.25) is 11.8 Å². The second-order valence-electron chi connectivity index (χ2n) is 5.15. The molecule has 0 aliphatic rings. The van der Waals surface area contributed by atoms with E-state index in [9.17, 15) is 14.4 Å². The number of anilines is 1. The van der Waals surface area contributed by atoms with E-state index in [2.05, 4.69) is 10.6 Å². The maximum Gasteiger partial charge on any atom is 0.302 e. The lowest BCUT2D eigenvalue weighted by Gasteiger charge is -2.08. The van der Waals surface area contributed by atoms with Crippen molar-refractivity contribution in [1.29, 1.82) is 0 Å². The molecule has 2 N–H and O–H groups in total. The molecule has 1 aromatic rings. The molecule has 23 heavy (non-hydrogen) atoms. The molecule has 6 heteroatoms. The Balaban J connectivity index is 2.36. The molecule has 126 valence electrons. The van der Waals surface area contributed by atoms with E-state index >= 15 is 0 Å². The van der Waals surface area contributed by atoms with E-state index in [4.69, 9.17) is 4.74 Å². The van der Waals surface area contributed by atoms with Crippen LogP contribution in [0.3, 0.4) is 0 Å². The van der Waals surface area contributed by atoms with Gasteiger partial charge in [0.15, 0.2) is 0 Å². The summed E-state index contributed by atoms with van der Waals surface area (Å²) < 4.78 is 4.90. The summed E-state index contributed by atoms with van der Waals surface area (Å²) in [6.45, 7) is 4.15. The van der Waals surface area contributed by atoms with Crippen molar-refractivity contribution in [3.8, 4) is 0 Å². The lowest BCUT2D eigenvalue weighted by molar-refractivity contribution is -0.140. The average molecular weight is 320 g/mol. The predicted octanol–water partition coefficient (Wildman–Crippen LogP) is 2.04. The van der Waals surface area contributed by atoms with Crippen LogP contribution >= 0.6 is 0 Å². The first-order valence-corrected chi connectivity index (χ1v) is 7.80. The van der Waals surface area contributed by atoms with Crippen LogP contribution in [-0.2, 0) is 25.5 Å². The quantitative estimate of drug-likeness (QED) is 0.682. The number of carbonyl (C=O) groups excluding carboxylic acids is 3. The fourth-order valence-corrected chi connectivity index (χ4v) is 2.04. The molecule has 0 atom stereocenters. The summed E-state index contributed by atoms with van der Waals surface area (Å²) in [5.41, 5.74) is 1.68. The Labute approximate surface area is 136 Å². The Bertz CT molecular complexity index is 543. The van der Waals surface area contributed by atoms with E-state index < -0.39 is 0 Å². The lowest BCUT2D eigenvalue weighted by atomic mass is 10.1. The van der Waals surface area contributed by atoms with Gasteiger partial charge in [0, 0.05) is 38.4 Å². The monoisotopic (exact) mass is 320 g/mol. The SMILES string of the molecule is CCNC(=O)CCCC(=O)Nc1cccc(CCOC(C)=O)c1. The van der Waals surface area contributed by atoms with Crippen LogP contribution in [0.2, 0.25) is 0 Å². The van der Waals surface area contributed by atoms with Gasteiger partial charge in [-0.05, 0) is 31.0 Å². The van der Waals surface area contributed by atoms with Gasteiger partial charge in [-0.25, -0.2) is 0 Å². The van der Waals surface area contributed by atoms with Gasteiger partial charge in [-0.15, -0.1) is 0 Å². The molecule has 0 bridgehead atoms. The highest BCUT2D eigenvalue weighted by Crippen LogP contribution is 2.12. The number of esters is 1. The van der Waals surface area contributed by atoms with Crippen LogP contribution in [0.5, 0.6) is 0 Å². The van der Waals surface area contributed by atoms with E-state index in [1.54, 1.807) is 6.07 Å². The maximum atomic E-state index is 11.9. The largest absolute Gasteiger partial charge is 0.466 e. The molecular formula is C17H24N2O4. The van der Waals surface area contributed by atoms with Gasteiger partial charge in [0.05, 0.1) is 6.61 Å². The summed E-state index contributed by atoms with van der Waals surface area (Å²) in [6, 6.07) is 7.41. The average Bonchev–Trinajstić information content (AvgIpc) is 2.47. The molecule has 2 amide bonds. The number of rotatable bonds is 9. The van der Waals surface area contributed by atoms with E-state index in [1.807, 2.05) is 25.1 Å². The summed E-state index contributed by atoms with van der Waals surface area (Å²) >= 11 is 0. The predicted molar refractivity (Wildman–Crippen MR) is 87.9 cm³/mol. The Kier molecular flexibility index (Phi) is 8.42. The third-order valence-electron chi connectivity index (χ3n) is 3.09. The fraction of sp³-hybridized carbons (Fsp3) is 0.471. The zero-order valence-corrected chi connectivity index (χ0v) is 13.7. The molecule has 0 radical (unpaired) electrons. The van der Waals surface area contributed by atoms with Crippen LogP contribution in [0.4, 0.5) is 5.69 Å². The van der Waals surface area contributed by atoms with Crippen molar-refractivity contribution in [2.24, 2.45) is 0 Å². The molecule has 0 aromatic heterocycles. The molecule has 0 fully saturated rings. The first-order valence-electron chi connectivity index (χ1n) is 7.80. The first kappa shape index (κ1) is 18.7. The van der Waals surface area contributed by atoms with Crippen LogP contribution in [-0.4, -0.2) is 30.9 Å². The van der Waals surface area contributed by atoms with Gasteiger partial charge in [0.25, 0.3) is 0 Å². The molecule has 6 nitrogen and oxygen atoms in total. The molecule has 1 rings (SSSR count). The number of hydrogen-bond acceptors (Lipinski definition) is 4. The number of amides is 2.